The van der Waals surface area contributed by atoms with Gasteiger partial charge in [0.05, 0.1) is 0 Å². The van der Waals surface area contributed by atoms with Gasteiger partial charge < -0.3 is 0 Å². The zero-order valence-corrected chi connectivity index (χ0v) is 14.9. The summed E-state index contributed by atoms with van der Waals surface area (Å²) in [7, 11) is 0. The van der Waals surface area contributed by atoms with E-state index >= 15 is 0 Å². The molecule has 1 aliphatic rings. The largest absolute Gasteiger partial charge is 0.207 e. The molecular formula is C22H25F3. The van der Waals surface area contributed by atoms with Crippen LogP contribution in [0.5, 0.6) is 0 Å². The highest BCUT2D eigenvalue weighted by Gasteiger charge is 2.22. The van der Waals surface area contributed by atoms with Crippen LogP contribution in [0.15, 0.2) is 30.3 Å². The average molecular weight is 346 g/mol. The first-order valence-corrected chi connectivity index (χ1v) is 9.25. The molecule has 1 fully saturated rings. The Balaban J connectivity index is 1.83. The summed E-state index contributed by atoms with van der Waals surface area (Å²) in [5.41, 5.74) is 2.66. The van der Waals surface area contributed by atoms with Gasteiger partial charge in [0, 0.05) is 11.6 Å². The Kier molecular flexibility index (Phi) is 5.51. The smallest absolute Gasteiger partial charge is 0.166 e. The fourth-order valence-corrected chi connectivity index (χ4v) is 4.19. The lowest BCUT2D eigenvalue weighted by atomic mass is 9.77. The highest BCUT2D eigenvalue weighted by atomic mass is 19.2. The summed E-state index contributed by atoms with van der Waals surface area (Å²) in [5.74, 6) is -1.50. The zero-order valence-electron chi connectivity index (χ0n) is 14.9. The van der Waals surface area contributed by atoms with E-state index in [1.165, 1.54) is 44.1 Å². The van der Waals surface area contributed by atoms with Crippen molar-refractivity contribution in [1.29, 1.82) is 0 Å². The lowest BCUT2D eigenvalue weighted by molar-refractivity contribution is 0.308. The number of aryl methyl sites for hydroxylation is 1. The van der Waals surface area contributed by atoms with Crippen LogP contribution in [0.2, 0.25) is 0 Å². The Labute approximate surface area is 148 Å². The maximum absolute atomic E-state index is 14.1. The van der Waals surface area contributed by atoms with E-state index in [2.05, 4.69) is 13.0 Å². The first-order valence-electron chi connectivity index (χ1n) is 9.25. The van der Waals surface area contributed by atoms with E-state index in [1.807, 2.05) is 13.0 Å². The maximum atomic E-state index is 14.1. The van der Waals surface area contributed by atoms with E-state index in [0.717, 1.165) is 17.5 Å². The molecule has 0 aromatic heterocycles. The number of halogens is 3. The molecule has 3 rings (SSSR count). The Hall–Kier alpha value is -1.77. The highest BCUT2D eigenvalue weighted by molar-refractivity contribution is 5.68. The molecule has 0 N–H and O–H groups in total. The van der Waals surface area contributed by atoms with Crippen molar-refractivity contribution in [2.45, 2.75) is 58.3 Å². The molecule has 0 heterocycles. The van der Waals surface area contributed by atoms with E-state index in [1.54, 1.807) is 6.07 Å². The van der Waals surface area contributed by atoms with Crippen LogP contribution in [0.3, 0.4) is 0 Å². The first kappa shape index (κ1) is 18.0. The van der Waals surface area contributed by atoms with E-state index in [-0.39, 0.29) is 5.56 Å². The molecule has 0 aliphatic heterocycles. The summed E-state index contributed by atoms with van der Waals surface area (Å²) < 4.78 is 41.1. The second-order valence-electron chi connectivity index (χ2n) is 7.33. The summed E-state index contributed by atoms with van der Waals surface area (Å²) in [6, 6.07) is 7.51. The Bertz CT molecular complexity index is 743. The minimum atomic E-state index is -1.15. The third-order valence-corrected chi connectivity index (χ3v) is 5.55. The molecule has 25 heavy (non-hydrogen) atoms. The molecule has 0 nitrogen and oxygen atoms in total. The fourth-order valence-electron chi connectivity index (χ4n) is 4.19. The number of hydrogen-bond donors (Lipinski definition) is 0. The van der Waals surface area contributed by atoms with Crippen molar-refractivity contribution in [1.82, 2.24) is 0 Å². The van der Waals surface area contributed by atoms with Gasteiger partial charge in [-0.2, -0.15) is 0 Å². The Morgan fingerprint density at radius 2 is 1.64 bits per heavy atom. The minimum Gasteiger partial charge on any atom is -0.207 e. The molecule has 0 radical (unpaired) electrons. The van der Waals surface area contributed by atoms with Crippen LogP contribution < -0.4 is 0 Å². The Morgan fingerprint density at radius 3 is 2.28 bits per heavy atom. The van der Waals surface area contributed by atoms with Crippen LogP contribution in [0.4, 0.5) is 13.2 Å². The van der Waals surface area contributed by atoms with Crippen LogP contribution in [0.1, 0.15) is 62.5 Å². The summed E-state index contributed by atoms with van der Waals surface area (Å²) in [5, 5.41) is 0. The zero-order chi connectivity index (χ0) is 18.0. The van der Waals surface area contributed by atoms with E-state index < -0.39 is 17.5 Å². The van der Waals surface area contributed by atoms with Crippen LogP contribution >= 0.6 is 0 Å². The third-order valence-electron chi connectivity index (χ3n) is 5.55. The minimum absolute atomic E-state index is 0.00629. The number of rotatable bonds is 4. The van der Waals surface area contributed by atoms with Gasteiger partial charge in [0.15, 0.2) is 11.6 Å². The fraction of sp³-hybridized carbons (Fsp3) is 0.455. The molecule has 0 bridgehead atoms. The second-order valence-corrected chi connectivity index (χ2v) is 7.33. The van der Waals surface area contributed by atoms with Crippen LogP contribution in [0, 0.1) is 30.3 Å². The summed E-state index contributed by atoms with van der Waals surface area (Å²) in [6.45, 7) is 4.12. The molecular weight excluding hydrogens is 321 g/mol. The van der Waals surface area contributed by atoms with Crippen molar-refractivity contribution < 1.29 is 13.2 Å². The van der Waals surface area contributed by atoms with Gasteiger partial charge in [-0.05, 0) is 67.2 Å². The standard InChI is InChI=1S/C22H25F3/c1-3-4-15-5-7-16(8-6-15)17-9-10-19(14(2)11-17)20-12-18(23)13-21(24)22(20)25/h9-13,15-16H,3-8H2,1-2H3. The maximum Gasteiger partial charge on any atom is 0.166 e. The lowest BCUT2D eigenvalue weighted by Crippen LogP contribution is -2.13. The van der Waals surface area contributed by atoms with E-state index in [9.17, 15) is 13.2 Å². The molecule has 0 atom stereocenters. The average Bonchev–Trinajstić information content (AvgIpc) is 2.59. The highest BCUT2D eigenvalue weighted by Crippen LogP contribution is 2.39. The van der Waals surface area contributed by atoms with Gasteiger partial charge >= 0.3 is 0 Å². The molecule has 0 amide bonds. The van der Waals surface area contributed by atoms with E-state index in [0.29, 0.717) is 17.5 Å². The molecule has 0 spiro atoms. The molecule has 2 aromatic rings. The molecule has 0 unspecified atom stereocenters. The van der Waals surface area contributed by atoms with Gasteiger partial charge in [-0.1, -0.05) is 38.0 Å². The number of hydrogen-bond acceptors (Lipinski definition) is 0. The quantitative estimate of drug-likeness (QED) is 0.515. The topological polar surface area (TPSA) is 0 Å². The summed E-state index contributed by atoms with van der Waals surface area (Å²) in [6.07, 6.45) is 7.47. The van der Waals surface area contributed by atoms with Crippen molar-refractivity contribution in [3.63, 3.8) is 0 Å². The first-order chi connectivity index (χ1) is 12.0. The summed E-state index contributed by atoms with van der Waals surface area (Å²) >= 11 is 0. The van der Waals surface area contributed by atoms with Crippen LogP contribution in [0.25, 0.3) is 11.1 Å². The Morgan fingerprint density at radius 1 is 0.920 bits per heavy atom. The molecule has 2 aromatic carbocycles. The van der Waals surface area contributed by atoms with Crippen molar-refractivity contribution in [2.24, 2.45) is 5.92 Å². The molecule has 0 saturated heterocycles. The third kappa shape index (κ3) is 3.91. The molecule has 1 aliphatic carbocycles. The predicted molar refractivity (Wildman–Crippen MR) is 96.1 cm³/mol. The van der Waals surface area contributed by atoms with Crippen LogP contribution in [-0.4, -0.2) is 0 Å². The predicted octanol–water partition coefficient (Wildman–Crippen LogP) is 7.15. The summed E-state index contributed by atoms with van der Waals surface area (Å²) in [4.78, 5) is 0. The monoisotopic (exact) mass is 346 g/mol. The molecule has 3 heteroatoms. The van der Waals surface area contributed by atoms with Gasteiger partial charge in [-0.15, -0.1) is 0 Å². The molecule has 1 saturated carbocycles. The van der Waals surface area contributed by atoms with Crippen molar-refractivity contribution in [2.75, 3.05) is 0 Å². The van der Waals surface area contributed by atoms with Crippen LogP contribution in [-0.2, 0) is 0 Å². The van der Waals surface area contributed by atoms with Gasteiger partial charge in [-0.3, -0.25) is 0 Å². The lowest BCUT2D eigenvalue weighted by Gasteiger charge is -2.29. The van der Waals surface area contributed by atoms with Gasteiger partial charge in [0.25, 0.3) is 0 Å². The second kappa shape index (κ2) is 7.63. The van der Waals surface area contributed by atoms with Crippen molar-refractivity contribution >= 4 is 0 Å². The van der Waals surface area contributed by atoms with Gasteiger partial charge in [0.2, 0.25) is 0 Å². The van der Waals surface area contributed by atoms with Gasteiger partial charge in [0.1, 0.15) is 5.82 Å². The normalized spacial score (nSPS) is 20.7. The van der Waals surface area contributed by atoms with Crippen molar-refractivity contribution in [3.05, 3.63) is 58.9 Å². The van der Waals surface area contributed by atoms with Gasteiger partial charge in [-0.25, -0.2) is 13.2 Å². The van der Waals surface area contributed by atoms with E-state index in [4.69, 9.17) is 0 Å². The number of benzene rings is 2. The SMILES string of the molecule is CCCC1CCC(c2ccc(-c3cc(F)cc(F)c3F)c(C)c2)CC1. The molecule has 134 valence electrons. The van der Waals surface area contributed by atoms with Crippen molar-refractivity contribution in [3.8, 4) is 11.1 Å².